The van der Waals surface area contributed by atoms with E-state index in [0.29, 0.717) is 13.0 Å². The van der Waals surface area contributed by atoms with E-state index in [1.165, 1.54) is 0 Å². The quantitative estimate of drug-likeness (QED) is 0.798. The maximum absolute atomic E-state index is 10.8. The summed E-state index contributed by atoms with van der Waals surface area (Å²) >= 11 is 6.88. The third kappa shape index (κ3) is 4.59. The number of carbonyl (C=O) groups is 1. The predicted octanol–water partition coefficient (Wildman–Crippen LogP) is 2.57. The van der Waals surface area contributed by atoms with Gasteiger partial charge in [-0.3, -0.25) is 4.79 Å². The van der Waals surface area contributed by atoms with Crippen LogP contribution in [0, 0.1) is 0 Å². The van der Waals surface area contributed by atoms with E-state index in [1.807, 2.05) is 19.1 Å². The van der Waals surface area contributed by atoms with E-state index in [9.17, 15) is 4.79 Å². The van der Waals surface area contributed by atoms with E-state index in [0.717, 1.165) is 20.3 Å². The minimum absolute atomic E-state index is 0.0324. The van der Waals surface area contributed by atoms with Crippen LogP contribution < -0.4 is 15.8 Å². The van der Waals surface area contributed by atoms with Crippen molar-refractivity contribution in [3.63, 3.8) is 0 Å². The lowest BCUT2D eigenvalue weighted by Crippen LogP contribution is -2.30. The standard InChI is InChI=1S/C12H16Br2N2O2/c1-7(3-11(15)17)16-6-8-4-9(13)5-10(14)12(8)18-2/h4-5,7,16H,3,6H2,1-2H3,(H2,15,17). The molecule has 0 fully saturated rings. The summed E-state index contributed by atoms with van der Waals surface area (Å²) in [5.41, 5.74) is 6.16. The molecular formula is C12H16Br2N2O2. The molecule has 0 heterocycles. The number of methoxy groups -OCH3 is 1. The second kappa shape index (κ2) is 7.11. The first-order valence-corrected chi connectivity index (χ1v) is 7.06. The molecule has 0 bridgehead atoms. The van der Waals surface area contributed by atoms with Crippen LogP contribution in [0.25, 0.3) is 0 Å². The van der Waals surface area contributed by atoms with Gasteiger partial charge in [0.25, 0.3) is 0 Å². The van der Waals surface area contributed by atoms with Gasteiger partial charge in [0.2, 0.25) is 5.91 Å². The second-order valence-electron chi connectivity index (χ2n) is 4.03. The summed E-state index contributed by atoms with van der Waals surface area (Å²) in [5, 5.41) is 3.24. The number of hydrogen-bond donors (Lipinski definition) is 2. The fourth-order valence-electron chi connectivity index (χ4n) is 1.63. The van der Waals surface area contributed by atoms with Crippen molar-refractivity contribution in [1.82, 2.24) is 5.32 Å². The first kappa shape index (κ1) is 15.5. The highest BCUT2D eigenvalue weighted by atomic mass is 79.9. The minimum Gasteiger partial charge on any atom is -0.495 e. The third-order valence-corrected chi connectivity index (χ3v) is 3.48. The van der Waals surface area contributed by atoms with Gasteiger partial charge in [-0.15, -0.1) is 0 Å². The van der Waals surface area contributed by atoms with Crippen molar-refractivity contribution in [1.29, 1.82) is 0 Å². The molecule has 0 aliphatic heterocycles. The SMILES string of the molecule is COc1c(Br)cc(Br)cc1CNC(C)CC(N)=O. The molecule has 1 amide bonds. The number of benzene rings is 1. The van der Waals surface area contributed by atoms with Crippen molar-refractivity contribution in [3.8, 4) is 5.75 Å². The molecule has 4 nitrogen and oxygen atoms in total. The van der Waals surface area contributed by atoms with Gasteiger partial charge in [-0.2, -0.15) is 0 Å². The van der Waals surface area contributed by atoms with Gasteiger partial charge in [-0.1, -0.05) is 15.9 Å². The van der Waals surface area contributed by atoms with Crippen LogP contribution >= 0.6 is 31.9 Å². The molecule has 0 saturated carbocycles. The molecule has 1 aromatic carbocycles. The van der Waals surface area contributed by atoms with Crippen molar-refractivity contribution in [2.24, 2.45) is 5.73 Å². The summed E-state index contributed by atoms with van der Waals surface area (Å²) < 4.78 is 7.20. The Morgan fingerprint density at radius 3 is 2.72 bits per heavy atom. The van der Waals surface area contributed by atoms with Crippen molar-refractivity contribution in [2.75, 3.05) is 7.11 Å². The highest BCUT2D eigenvalue weighted by Crippen LogP contribution is 2.32. The fraction of sp³-hybridized carbons (Fsp3) is 0.417. The smallest absolute Gasteiger partial charge is 0.218 e. The van der Waals surface area contributed by atoms with E-state index in [-0.39, 0.29) is 11.9 Å². The lowest BCUT2D eigenvalue weighted by atomic mass is 10.1. The molecule has 1 rings (SSSR count). The van der Waals surface area contributed by atoms with Crippen LogP contribution in [0.1, 0.15) is 18.9 Å². The number of ether oxygens (including phenoxy) is 1. The highest BCUT2D eigenvalue weighted by molar-refractivity contribution is 9.11. The average molecular weight is 380 g/mol. The highest BCUT2D eigenvalue weighted by Gasteiger charge is 2.11. The summed E-state index contributed by atoms with van der Waals surface area (Å²) in [7, 11) is 1.63. The number of primary amides is 1. The molecule has 1 aromatic rings. The Balaban J connectivity index is 2.75. The monoisotopic (exact) mass is 378 g/mol. The Kier molecular flexibility index (Phi) is 6.11. The first-order valence-electron chi connectivity index (χ1n) is 5.47. The Hall–Kier alpha value is -0.590. The third-order valence-electron chi connectivity index (χ3n) is 2.44. The van der Waals surface area contributed by atoms with Crippen LogP contribution in [-0.2, 0) is 11.3 Å². The molecule has 100 valence electrons. The van der Waals surface area contributed by atoms with E-state index >= 15 is 0 Å². The Labute approximate surface area is 124 Å². The topological polar surface area (TPSA) is 64.3 Å². The van der Waals surface area contributed by atoms with Crippen molar-refractivity contribution in [2.45, 2.75) is 25.9 Å². The predicted molar refractivity (Wildman–Crippen MR) is 78.5 cm³/mol. The zero-order chi connectivity index (χ0) is 13.7. The second-order valence-corrected chi connectivity index (χ2v) is 5.80. The van der Waals surface area contributed by atoms with E-state index in [4.69, 9.17) is 10.5 Å². The molecule has 18 heavy (non-hydrogen) atoms. The van der Waals surface area contributed by atoms with Gasteiger partial charge in [0.15, 0.2) is 0 Å². The van der Waals surface area contributed by atoms with Crippen molar-refractivity contribution >= 4 is 37.8 Å². The van der Waals surface area contributed by atoms with Gasteiger partial charge in [0.1, 0.15) is 5.75 Å². The molecule has 0 saturated heterocycles. The van der Waals surface area contributed by atoms with Crippen molar-refractivity contribution < 1.29 is 9.53 Å². The van der Waals surface area contributed by atoms with Gasteiger partial charge in [0, 0.05) is 29.0 Å². The summed E-state index contributed by atoms with van der Waals surface area (Å²) in [4.78, 5) is 10.8. The number of carbonyl (C=O) groups excluding carboxylic acids is 1. The number of nitrogens with one attached hydrogen (secondary N) is 1. The molecule has 0 aliphatic rings. The Morgan fingerprint density at radius 1 is 1.50 bits per heavy atom. The number of amides is 1. The van der Waals surface area contributed by atoms with Gasteiger partial charge < -0.3 is 15.8 Å². The molecule has 1 unspecified atom stereocenters. The van der Waals surface area contributed by atoms with Crippen molar-refractivity contribution in [3.05, 3.63) is 26.6 Å². The molecule has 0 radical (unpaired) electrons. The average Bonchev–Trinajstić information content (AvgIpc) is 2.24. The van der Waals surface area contributed by atoms with Gasteiger partial charge in [0.05, 0.1) is 11.6 Å². The van der Waals surface area contributed by atoms with E-state index in [2.05, 4.69) is 37.2 Å². The largest absolute Gasteiger partial charge is 0.495 e. The van der Waals surface area contributed by atoms with E-state index in [1.54, 1.807) is 7.11 Å². The fourth-order valence-corrected chi connectivity index (χ4v) is 3.11. The lowest BCUT2D eigenvalue weighted by Gasteiger charge is -2.15. The molecule has 3 N–H and O–H groups in total. The zero-order valence-corrected chi connectivity index (χ0v) is 13.5. The molecule has 0 spiro atoms. The van der Waals surface area contributed by atoms with Crippen LogP contribution in [0.5, 0.6) is 5.75 Å². The maximum atomic E-state index is 10.8. The van der Waals surface area contributed by atoms with E-state index < -0.39 is 0 Å². The first-order chi connectivity index (χ1) is 8.43. The molecular weight excluding hydrogens is 364 g/mol. The molecule has 0 aliphatic carbocycles. The lowest BCUT2D eigenvalue weighted by molar-refractivity contribution is -0.118. The Morgan fingerprint density at radius 2 is 2.17 bits per heavy atom. The number of halogens is 2. The summed E-state index contributed by atoms with van der Waals surface area (Å²) in [6, 6.07) is 3.94. The van der Waals surface area contributed by atoms with Gasteiger partial charge in [-0.05, 0) is 35.0 Å². The number of nitrogens with two attached hydrogens (primary N) is 1. The zero-order valence-electron chi connectivity index (χ0n) is 10.3. The summed E-state index contributed by atoms with van der Waals surface area (Å²) in [6.07, 6.45) is 0.317. The van der Waals surface area contributed by atoms with Gasteiger partial charge in [-0.25, -0.2) is 0 Å². The van der Waals surface area contributed by atoms with Crippen LogP contribution in [0.2, 0.25) is 0 Å². The Bertz CT molecular complexity index is 438. The minimum atomic E-state index is -0.308. The van der Waals surface area contributed by atoms with Crippen LogP contribution in [0.3, 0.4) is 0 Å². The summed E-state index contributed by atoms with van der Waals surface area (Å²) in [5.74, 6) is 0.481. The van der Waals surface area contributed by atoms with Gasteiger partial charge >= 0.3 is 0 Å². The van der Waals surface area contributed by atoms with Crippen LogP contribution in [0.15, 0.2) is 21.1 Å². The van der Waals surface area contributed by atoms with Crippen LogP contribution in [0.4, 0.5) is 0 Å². The van der Waals surface area contributed by atoms with Crippen LogP contribution in [-0.4, -0.2) is 19.1 Å². The molecule has 0 aromatic heterocycles. The molecule has 6 heteroatoms. The summed E-state index contributed by atoms with van der Waals surface area (Å²) in [6.45, 7) is 2.53. The number of rotatable bonds is 6. The normalized spacial score (nSPS) is 12.2. The number of hydrogen-bond acceptors (Lipinski definition) is 3. The maximum Gasteiger partial charge on any atom is 0.218 e. The molecule has 1 atom stereocenters.